The molecule has 1 aromatic rings. The molecule has 2 rings (SSSR count). The molecule has 0 bridgehead atoms. The van der Waals surface area contributed by atoms with E-state index in [4.69, 9.17) is 11.6 Å². The van der Waals surface area contributed by atoms with Gasteiger partial charge in [-0.05, 0) is 42.7 Å². The second-order valence-corrected chi connectivity index (χ2v) is 6.04. The van der Waals surface area contributed by atoms with Crippen molar-refractivity contribution in [3.63, 3.8) is 0 Å². The lowest BCUT2D eigenvalue weighted by molar-refractivity contribution is 0.293. The first-order valence-corrected chi connectivity index (χ1v) is 7.94. The van der Waals surface area contributed by atoms with Crippen molar-refractivity contribution in [2.24, 2.45) is 11.8 Å². The summed E-state index contributed by atoms with van der Waals surface area (Å²) in [6.07, 6.45) is 6.28. The van der Waals surface area contributed by atoms with E-state index in [-0.39, 0.29) is 5.28 Å². The van der Waals surface area contributed by atoms with E-state index in [2.05, 4.69) is 39.4 Å². The molecule has 2 unspecified atom stereocenters. The summed E-state index contributed by atoms with van der Waals surface area (Å²) in [5, 5.41) is 6.67. The van der Waals surface area contributed by atoms with Gasteiger partial charge in [-0.1, -0.05) is 26.7 Å². The predicted molar refractivity (Wildman–Crippen MR) is 83.2 cm³/mol. The fraction of sp³-hybridized carbons (Fsp3) is 0.786. The Morgan fingerprint density at radius 2 is 1.90 bits per heavy atom. The van der Waals surface area contributed by atoms with Gasteiger partial charge in [-0.25, -0.2) is 0 Å². The number of nitrogens with zero attached hydrogens (tertiary/aromatic N) is 3. The minimum Gasteiger partial charge on any atom is -0.354 e. The molecule has 5 nitrogen and oxygen atoms in total. The van der Waals surface area contributed by atoms with Gasteiger partial charge in [0.1, 0.15) is 0 Å². The predicted octanol–water partition coefficient (Wildman–Crippen LogP) is 3.59. The van der Waals surface area contributed by atoms with Crippen LogP contribution in [0, 0.1) is 11.8 Å². The molecule has 0 aromatic carbocycles. The van der Waals surface area contributed by atoms with E-state index in [1.165, 1.54) is 25.7 Å². The Bertz CT molecular complexity index is 426. The molecule has 1 heterocycles. The van der Waals surface area contributed by atoms with E-state index in [1.54, 1.807) is 0 Å². The lowest BCUT2D eigenvalue weighted by Gasteiger charge is -2.26. The summed E-state index contributed by atoms with van der Waals surface area (Å²) in [4.78, 5) is 12.6. The Morgan fingerprint density at radius 3 is 2.60 bits per heavy atom. The SMILES string of the molecule is CCCNc1nc(Cl)nc(NCC2CCCC(C)C2)n1. The Labute approximate surface area is 126 Å². The maximum atomic E-state index is 5.93. The monoisotopic (exact) mass is 297 g/mol. The average molecular weight is 298 g/mol. The molecule has 0 amide bonds. The van der Waals surface area contributed by atoms with Crippen molar-refractivity contribution in [1.29, 1.82) is 0 Å². The summed E-state index contributed by atoms with van der Waals surface area (Å²) in [5.41, 5.74) is 0. The van der Waals surface area contributed by atoms with Gasteiger partial charge in [0.15, 0.2) is 0 Å². The largest absolute Gasteiger partial charge is 0.354 e. The van der Waals surface area contributed by atoms with Gasteiger partial charge in [-0.15, -0.1) is 0 Å². The minimum absolute atomic E-state index is 0.234. The average Bonchev–Trinajstić information content (AvgIpc) is 2.42. The first kappa shape index (κ1) is 15.3. The van der Waals surface area contributed by atoms with Gasteiger partial charge < -0.3 is 10.6 Å². The maximum Gasteiger partial charge on any atom is 0.228 e. The van der Waals surface area contributed by atoms with Crippen molar-refractivity contribution in [3.05, 3.63) is 5.28 Å². The van der Waals surface area contributed by atoms with E-state index >= 15 is 0 Å². The van der Waals surface area contributed by atoms with Crippen molar-refractivity contribution < 1.29 is 0 Å². The normalized spacial score (nSPS) is 22.6. The molecule has 1 aliphatic rings. The molecule has 1 fully saturated rings. The highest BCUT2D eigenvalue weighted by Crippen LogP contribution is 2.28. The van der Waals surface area contributed by atoms with Gasteiger partial charge in [0.05, 0.1) is 0 Å². The first-order chi connectivity index (χ1) is 9.67. The molecule has 0 saturated heterocycles. The molecule has 112 valence electrons. The summed E-state index contributed by atoms with van der Waals surface area (Å²) in [6.45, 7) is 6.18. The number of halogens is 1. The molecule has 6 heteroatoms. The van der Waals surface area contributed by atoms with Crippen LogP contribution in [-0.4, -0.2) is 28.0 Å². The topological polar surface area (TPSA) is 62.7 Å². The quantitative estimate of drug-likeness (QED) is 0.840. The van der Waals surface area contributed by atoms with Gasteiger partial charge >= 0.3 is 0 Å². The van der Waals surface area contributed by atoms with Crippen LogP contribution in [0.25, 0.3) is 0 Å². The molecule has 20 heavy (non-hydrogen) atoms. The van der Waals surface area contributed by atoms with Crippen molar-refractivity contribution in [3.8, 4) is 0 Å². The second-order valence-electron chi connectivity index (χ2n) is 5.70. The number of anilines is 2. The standard InChI is InChI=1S/C14H24ClN5/c1-3-7-16-13-18-12(15)19-14(20-13)17-9-11-6-4-5-10(2)8-11/h10-11H,3-9H2,1-2H3,(H2,16,17,18,19,20). The van der Waals surface area contributed by atoms with Crippen LogP contribution >= 0.6 is 11.6 Å². The van der Waals surface area contributed by atoms with Crippen LogP contribution in [0.3, 0.4) is 0 Å². The van der Waals surface area contributed by atoms with Crippen molar-refractivity contribution >= 4 is 23.5 Å². The van der Waals surface area contributed by atoms with Gasteiger partial charge in [0.2, 0.25) is 17.2 Å². The number of rotatable bonds is 6. The second kappa shape index (κ2) is 7.62. The Balaban J connectivity index is 1.89. The number of hydrogen-bond donors (Lipinski definition) is 2. The third-order valence-electron chi connectivity index (χ3n) is 3.74. The third-order valence-corrected chi connectivity index (χ3v) is 3.90. The first-order valence-electron chi connectivity index (χ1n) is 7.56. The number of nitrogens with one attached hydrogen (secondary N) is 2. The van der Waals surface area contributed by atoms with E-state index < -0.39 is 0 Å². The highest BCUT2D eigenvalue weighted by Gasteiger charge is 2.19. The van der Waals surface area contributed by atoms with Crippen molar-refractivity contribution in [1.82, 2.24) is 15.0 Å². The molecule has 0 aliphatic heterocycles. The third kappa shape index (κ3) is 4.78. The molecule has 1 aromatic heterocycles. The summed E-state index contributed by atoms with van der Waals surface area (Å²) in [7, 11) is 0. The van der Waals surface area contributed by atoms with Crippen molar-refractivity contribution in [2.75, 3.05) is 23.7 Å². The van der Waals surface area contributed by atoms with E-state index in [0.29, 0.717) is 17.8 Å². The zero-order valence-electron chi connectivity index (χ0n) is 12.3. The smallest absolute Gasteiger partial charge is 0.228 e. The lowest BCUT2D eigenvalue weighted by atomic mass is 9.82. The van der Waals surface area contributed by atoms with Crippen LogP contribution < -0.4 is 10.6 Å². The maximum absolute atomic E-state index is 5.93. The highest BCUT2D eigenvalue weighted by molar-refractivity contribution is 6.28. The highest BCUT2D eigenvalue weighted by atomic mass is 35.5. The Kier molecular flexibility index (Phi) is 5.83. The fourth-order valence-corrected chi connectivity index (χ4v) is 2.89. The van der Waals surface area contributed by atoms with Crippen LogP contribution in [0.4, 0.5) is 11.9 Å². The zero-order valence-corrected chi connectivity index (χ0v) is 13.1. The summed E-state index contributed by atoms with van der Waals surface area (Å²) in [6, 6.07) is 0. The van der Waals surface area contributed by atoms with Gasteiger partial charge in [-0.3, -0.25) is 0 Å². The van der Waals surface area contributed by atoms with Gasteiger partial charge in [0.25, 0.3) is 0 Å². The van der Waals surface area contributed by atoms with E-state index in [9.17, 15) is 0 Å². The molecule has 1 saturated carbocycles. The van der Waals surface area contributed by atoms with Gasteiger partial charge in [-0.2, -0.15) is 15.0 Å². The molecular weight excluding hydrogens is 274 g/mol. The number of aromatic nitrogens is 3. The van der Waals surface area contributed by atoms with Crippen molar-refractivity contribution in [2.45, 2.75) is 46.0 Å². The number of hydrogen-bond acceptors (Lipinski definition) is 5. The lowest BCUT2D eigenvalue weighted by Crippen LogP contribution is -2.22. The van der Waals surface area contributed by atoms with E-state index in [1.807, 2.05) is 0 Å². The van der Waals surface area contributed by atoms with Crippen LogP contribution in [-0.2, 0) is 0 Å². The van der Waals surface area contributed by atoms with Crippen LogP contribution in [0.1, 0.15) is 46.0 Å². The Hall–Kier alpha value is -1.10. The molecular formula is C14H24ClN5. The van der Waals surface area contributed by atoms with Gasteiger partial charge in [0, 0.05) is 13.1 Å². The summed E-state index contributed by atoms with van der Waals surface area (Å²) >= 11 is 5.93. The summed E-state index contributed by atoms with van der Waals surface area (Å²) in [5.74, 6) is 2.66. The molecule has 1 aliphatic carbocycles. The molecule has 0 spiro atoms. The molecule has 2 N–H and O–H groups in total. The Morgan fingerprint density at radius 1 is 1.15 bits per heavy atom. The fourth-order valence-electron chi connectivity index (χ4n) is 2.73. The summed E-state index contributed by atoms with van der Waals surface area (Å²) < 4.78 is 0. The van der Waals surface area contributed by atoms with Crippen LogP contribution in [0.2, 0.25) is 5.28 Å². The minimum atomic E-state index is 0.234. The van der Waals surface area contributed by atoms with E-state index in [0.717, 1.165) is 25.4 Å². The van der Waals surface area contributed by atoms with Crippen LogP contribution in [0.5, 0.6) is 0 Å². The zero-order chi connectivity index (χ0) is 14.4. The molecule has 2 atom stereocenters. The van der Waals surface area contributed by atoms with Crippen LogP contribution in [0.15, 0.2) is 0 Å². The molecule has 0 radical (unpaired) electrons.